The van der Waals surface area contributed by atoms with Gasteiger partial charge in [0.1, 0.15) is 11.5 Å². The first kappa shape index (κ1) is 24.2. The van der Waals surface area contributed by atoms with E-state index in [-0.39, 0.29) is 19.8 Å². The van der Waals surface area contributed by atoms with Crippen molar-refractivity contribution in [3.05, 3.63) is 70.7 Å². The van der Waals surface area contributed by atoms with Crippen molar-refractivity contribution in [2.45, 2.75) is 26.5 Å². The molecule has 0 bridgehead atoms. The van der Waals surface area contributed by atoms with Crippen LogP contribution in [0, 0.1) is 6.92 Å². The van der Waals surface area contributed by atoms with E-state index < -0.39 is 30.6 Å². The molecule has 35 heavy (non-hydrogen) atoms. The Balaban J connectivity index is 1.47. The van der Waals surface area contributed by atoms with Crippen LogP contribution < -0.4 is 14.4 Å². The molecule has 10 heteroatoms. The molecule has 0 fully saturated rings. The van der Waals surface area contributed by atoms with Gasteiger partial charge in [-0.05, 0) is 31.5 Å². The van der Waals surface area contributed by atoms with Crippen LogP contribution in [0.1, 0.15) is 27.9 Å². The fourth-order valence-corrected chi connectivity index (χ4v) is 4.33. The van der Waals surface area contributed by atoms with E-state index in [0.717, 1.165) is 16.9 Å². The highest BCUT2D eigenvalue weighted by Gasteiger charge is 2.30. The maximum Gasteiger partial charge on any atom is 0.351 e. The summed E-state index contributed by atoms with van der Waals surface area (Å²) in [5, 5.41) is 0.307. The van der Waals surface area contributed by atoms with Gasteiger partial charge in [-0.2, -0.15) is 0 Å². The molecule has 1 amide bonds. The number of ether oxygens (including phenoxy) is 4. The van der Waals surface area contributed by atoms with E-state index in [1.54, 1.807) is 38.1 Å². The number of amides is 1. The van der Waals surface area contributed by atoms with Crippen molar-refractivity contribution < 1.29 is 33.3 Å². The second-order valence-corrected chi connectivity index (χ2v) is 8.55. The van der Waals surface area contributed by atoms with Crippen LogP contribution in [0.15, 0.2) is 54.6 Å². The predicted octanol–water partition coefficient (Wildman–Crippen LogP) is 3.54. The molecule has 3 aromatic rings. The molecule has 1 aliphatic heterocycles. The highest BCUT2D eigenvalue weighted by atomic mass is 32.1. The number of nitrogens with zero attached hydrogens (tertiary/aromatic N) is 2. The summed E-state index contributed by atoms with van der Waals surface area (Å²) in [6.07, 6.45) is -0.988. The van der Waals surface area contributed by atoms with E-state index >= 15 is 0 Å². The lowest BCUT2D eigenvalue weighted by atomic mass is 10.2. The van der Waals surface area contributed by atoms with E-state index in [9.17, 15) is 14.4 Å². The summed E-state index contributed by atoms with van der Waals surface area (Å²) in [6, 6.07) is 16.3. The third kappa shape index (κ3) is 5.78. The van der Waals surface area contributed by atoms with Gasteiger partial charge in [-0.3, -0.25) is 9.69 Å². The number of carbonyl (C=O) groups excluding carboxylic acids is 3. The SMILES string of the molecule is CCOC(=O)c1sc(N(Cc2ccccc2)C(=O)COC(=O)[C@@H]2COc3ccccc3O2)nc1C. The minimum Gasteiger partial charge on any atom is -0.485 e. The Morgan fingerprint density at radius 3 is 2.51 bits per heavy atom. The summed E-state index contributed by atoms with van der Waals surface area (Å²) in [4.78, 5) is 44.1. The van der Waals surface area contributed by atoms with Crippen LogP contribution in [0.4, 0.5) is 5.13 Å². The molecule has 9 nitrogen and oxygen atoms in total. The number of carbonyl (C=O) groups is 3. The topological polar surface area (TPSA) is 104 Å². The third-order valence-corrected chi connectivity index (χ3v) is 6.23. The number of hydrogen-bond donors (Lipinski definition) is 0. The standard InChI is InChI=1S/C25H24N2O7S/c1-3-31-24(30)22-16(2)26-25(35-22)27(13-17-9-5-4-6-10-17)21(28)15-33-23(29)20-14-32-18-11-7-8-12-19(18)34-20/h4-12,20H,3,13-15H2,1-2H3/t20-/m0/s1. The summed E-state index contributed by atoms with van der Waals surface area (Å²) in [6.45, 7) is 3.26. The largest absolute Gasteiger partial charge is 0.485 e. The molecule has 1 atom stereocenters. The number of aromatic nitrogens is 1. The van der Waals surface area contributed by atoms with Gasteiger partial charge in [-0.25, -0.2) is 14.6 Å². The van der Waals surface area contributed by atoms with Crippen molar-refractivity contribution in [1.82, 2.24) is 4.98 Å². The van der Waals surface area contributed by atoms with Crippen LogP contribution in [0.25, 0.3) is 0 Å². The summed E-state index contributed by atoms with van der Waals surface area (Å²) in [5.41, 5.74) is 1.30. The second-order valence-electron chi connectivity index (χ2n) is 7.57. The van der Waals surface area contributed by atoms with Gasteiger partial charge in [0.05, 0.1) is 18.8 Å². The molecule has 2 heterocycles. The average molecular weight is 497 g/mol. The van der Waals surface area contributed by atoms with Gasteiger partial charge in [-0.15, -0.1) is 0 Å². The van der Waals surface area contributed by atoms with Crippen molar-refractivity contribution in [2.75, 3.05) is 24.7 Å². The summed E-state index contributed by atoms with van der Waals surface area (Å²) in [7, 11) is 0. The van der Waals surface area contributed by atoms with Crippen LogP contribution in [0.2, 0.25) is 0 Å². The molecule has 1 aromatic heterocycles. The Kier molecular flexibility index (Phi) is 7.61. The van der Waals surface area contributed by atoms with Crippen molar-refractivity contribution in [2.24, 2.45) is 0 Å². The molecule has 4 rings (SSSR count). The Labute approximate surface area is 206 Å². The summed E-state index contributed by atoms with van der Waals surface area (Å²) < 4.78 is 21.6. The maximum absolute atomic E-state index is 13.2. The first-order valence-corrected chi connectivity index (χ1v) is 11.8. The third-order valence-electron chi connectivity index (χ3n) is 5.07. The number of anilines is 1. The van der Waals surface area contributed by atoms with Crippen molar-refractivity contribution in [3.8, 4) is 11.5 Å². The molecular formula is C25H24N2O7S. The highest BCUT2D eigenvalue weighted by Crippen LogP contribution is 2.31. The second kappa shape index (κ2) is 11.0. The van der Waals surface area contributed by atoms with Crippen LogP contribution >= 0.6 is 11.3 Å². The molecule has 0 saturated heterocycles. The number of rotatable bonds is 8. The molecule has 0 radical (unpaired) electrons. The first-order valence-electron chi connectivity index (χ1n) is 11.0. The molecule has 0 spiro atoms. The Bertz CT molecular complexity index is 1210. The number of benzene rings is 2. The van der Waals surface area contributed by atoms with Gasteiger partial charge in [-0.1, -0.05) is 53.8 Å². The van der Waals surface area contributed by atoms with E-state index in [1.807, 2.05) is 30.3 Å². The Morgan fingerprint density at radius 1 is 1.06 bits per heavy atom. The zero-order valence-electron chi connectivity index (χ0n) is 19.3. The van der Waals surface area contributed by atoms with E-state index in [2.05, 4.69) is 4.98 Å². The van der Waals surface area contributed by atoms with Crippen molar-refractivity contribution in [1.29, 1.82) is 0 Å². The maximum atomic E-state index is 13.2. The van der Waals surface area contributed by atoms with Crippen molar-refractivity contribution in [3.63, 3.8) is 0 Å². The normalized spacial score (nSPS) is 14.2. The molecule has 0 N–H and O–H groups in total. The fourth-order valence-electron chi connectivity index (χ4n) is 3.35. The predicted molar refractivity (Wildman–Crippen MR) is 128 cm³/mol. The van der Waals surface area contributed by atoms with Crippen LogP contribution in [-0.4, -0.2) is 48.8 Å². The van der Waals surface area contributed by atoms with Crippen molar-refractivity contribution >= 4 is 34.3 Å². The number of esters is 2. The van der Waals surface area contributed by atoms with Gasteiger partial charge in [0.25, 0.3) is 5.91 Å². The highest BCUT2D eigenvalue weighted by molar-refractivity contribution is 7.17. The van der Waals surface area contributed by atoms with Gasteiger partial charge < -0.3 is 18.9 Å². The van der Waals surface area contributed by atoms with E-state index in [1.165, 1.54) is 4.90 Å². The zero-order chi connectivity index (χ0) is 24.8. The molecule has 1 aliphatic rings. The molecule has 182 valence electrons. The van der Waals surface area contributed by atoms with Crippen LogP contribution in [0.3, 0.4) is 0 Å². The molecule has 0 saturated carbocycles. The van der Waals surface area contributed by atoms with Crippen LogP contribution in [0.5, 0.6) is 11.5 Å². The van der Waals surface area contributed by atoms with Gasteiger partial charge in [0.2, 0.25) is 6.10 Å². The average Bonchev–Trinajstić information content (AvgIpc) is 3.27. The lowest BCUT2D eigenvalue weighted by Gasteiger charge is -2.25. The van der Waals surface area contributed by atoms with Gasteiger partial charge in [0, 0.05) is 0 Å². The monoisotopic (exact) mass is 496 g/mol. The zero-order valence-corrected chi connectivity index (χ0v) is 20.1. The quantitative estimate of drug-likeness (QED) is 0.436. The molecular weight excluding hydrogens is 472 g/mol. The smallest absolute Gasteiger partial charge is 0.351 e. The number of fused-ring (bicyclic) bond motifs is 1. The van der Waals surface area contributed by atoms with Crippen LogP contribution in [-0.2, 0) is 25.6 Å². The molecule has 2 aromatic carbocycles. The molecule has 0 unspecified atom stereocenters. The van der Waals surface area contributed by atoms with E-state index in [0.29, 0.717) is 27.2 Å². The fraction of sp³-hybridized carbons (Fsp3) is 0.280. The van der Waals surface area contributed by atoms with E-state index in [4.69, 9.17) is 18.9 Å². The number of hydrogen-bond acceptors (Lipinski definition) is 9. The molecule has 0 aliphatic carbocycles. The number of thiazole rings is 1. The Morgan fingerprint density at radius 2 is 1.77 bits per heavy atom. The summed E-state index contributed by atoms with van der Waals surface area (Å²) in [5.74, 6) is -0.735. The van der Waals surface area contributed by atoms with Gasteiger partial charge >= 0.3 is 11.9 Å². The lowest BCUT2D eigenvalue weighted by Crippen LogP contribution is -2.40. The number of para-hydroxylation sites is 2. The minimum atomic E-state index is -0.988. The summed E-state index contributed by atoms with van der Waals surface area (Å²) >= 11 is 1.05. The lowest BCUT2D eigenvalue weighted by molar-refractivity contribution is -0.157. The minimum absolute atomic E-state index is 0.0215. The first-order chi connectivity index (χ1) is 17.0. The Hall–Kier alpha value is -3.92. The van der Waals surface area contributed by atoms with Gasteiger partial charge in [0.15, 0.2) is 23.2 Å². The number of aryl methyl sites for hydroxylation is 1.